The highest BCUT2D eigenvalue weighted by Crippen LogP contribution is 2.21. The zero-order valence-corrected chi connectivity index (χ0v) is 8.01. The van der Waals surface area contributed by atoms with E-state index in [1.807, 2.05) is 0 Å². The van der Waals surface area contributed by atoms with Gasteiger partial charge in [0.05, 0.1) is 0 Å². The maximum absolute atomic E-state index is 11.7. The number of rotatable bonds is 3. The molecule has 2 rings (SSSR count). The van der Waals surface area contributed by atoms with Gasteiger partial charge in [0.25, 0.3) is 0 Å². The Morgan fingerprint density at radius 2 is 2.31 bits per heavy atom. The topological polar surface area (TPSA) is 29.1 Å². The van der Waals surface area contributed by atoms with Crippen LogP contribution in [0.2, 0.25) is 0 Å². The molecule has 0 aromatic carbocycles. The summed E-state index contributed by atoms with van der Waals surface area (Å²) >= 11 is 0. The fourth-order valence-corrected chi connectivity index (χ4v) is 1.98. The Bertz CT molecular complexity index is 228. The van der Waals surface area contributed by atoms with E-state index in [1.165, 1.54) is 12.8 Å². The van der Waals surface area contributed by atoms with Gasteiger partial charge in [-0.05, 0) is 50.3 Å². The number of nitrogens with one attached hydrogen (secondary N) is 1. The lowest BCUT2D eigenvalue weighted by Crippen LogP contribution is -2.43. The van der Waals surface area contributed by atoms with E-state index in [0.29, 0.717) is 11.7 Å². The van der Waals surface area contributed by atoms with Crippen LogP contribution in [0.5, 0.6) is 0 Å². The van der Waals surface area contributed by atoms with Crippen LogP contribution in [0.1, 0.15) is 32.1 Å². The molecule has 0 aromatic heterocycles. The molecule has 1 heterocycles. The van der Waals surface area contributed by atoms with Gasteiger partial charge in [-0.15, -0.1) is 0 Å². The zero-order chi connectivity index (χ0) is 9.10. The van der Waals surface area contributed by atoms with Crippen molar-refractivity contribution in [3.05, 3.63) is 11.6 Å². The lowest BCUT2D eigenvalue weighted by molar-refractivity contribution is -0.117. The normalized spacial score (nSPS) is 23.5. The molecule has 13 heavy (non-hydrogen) atoms. The van der Waals surface area contributed by atoms with Crippen LogP contribution in [0.25, 0.3) is 0 Å². The molecule has 1 N–H and O–H groups in total. The van der Waals surface area contributed by atoms with Crippen molar-refractivity contribution >= 4 is 5.78 Å². The van der Waals surface area contributed by atoms with Crippen molar-refractivity contribution in [2.45, 2.75) is 32.1 Å². The predicted octanol–water partition coefficient (Wildman–Crippen LogP) is 1.67. The standard InChI is InChI=1S/C11H17NO/c13-11(6-9-7-12-8-9)10-4-2-1-3-5-10/h4,9,12H,1-3,5-8H2. The summed E-state index contributed by atoms with van der Waals surface area (Å²) in [6.45, 7) is 2.08. The molecule has 2 heteroatoms. The van der Waals surface area contributed by atoms with Crippen molar-refractivity contribution in [3.63, 3.8) is 0 Å². The number of hydrogen-bond acceptors (Lipinski definition) is 2. The SMILES string of the molecule is O=C(CC1CNC1)C1=CCCCC1. The molecule has 0 atom stereocenters. The molecular weight excluding hydrogens is 162 g/mol. The van der Waals surface area contributed by atoms with Gasteiger partial charge in [0.1, 0.15) is 0 Å². The molecule has 1 aliphatic carbocycles. The highest BCUT2D eigenvalue weighted by molar-refractivity contribution is 5.95. The van der Waals surface area contributed by atoms with E-state index in [-0.39, 0.29) is 0 Å². The van der Waals surface area contributed by atoms with Crippen LogP contribution >= 0.6 is 0 Å². The molecule has 1 fully saturated rings. The van der Waals surface area contributed by atoms with Gasteiger partial charge in [-0.2, -0.15) is 0 Å². The van der Waals surface area contributed by atoms with Crippen molar-refractivity contribution in [1.82, 2.24) is 5.32 Å². The highest BCUT2D eigenvalue weighted by atomic mass is 16.1. The minimum absolute atomic E-state index is 0.409. The third-order valence-corrected chi connectivity index (χ3v) is 2.99. The van der Waals surface area contributed by atoms with Gasteiger partial charge in [0, 0.05) is 6.42 Å². The van der Waals surface area contributed by atoms with Crippen LogP contribution in [-0.2, 0) is 4.79 Å². The average molecular weight is 179 g/mol. The Hall–Kier alpha value is -0.630. The summed E-state index contributed by atoms with van der Waals surface area (Å²) in [4.78, 5) is 11.7. The highest BCUT2D eigenvalue weighted by Gasteiger charge is 2.22. The second kappa shape index (κ2) is 4.05. The number of carbonyl (C=O) groups is 1. The smallest absolute Gasteiger partial charge is 0.158 e. The third kappa shape index (κ3) is 2.19. The molecule has 72 valence electrons. The van der Waals surface area contributed by atoms with Gasteiger partial charge in [-0.25, -0.2) is 0 Å². The molecule has 0 spiro atoms. The molecule has 0 amide bonds. The maximum atomic E-state index is 11.7. The van der Waals surface area contributed by atoms with Gasteiger partial charge in [0.15, 0.2) is 5.78 Å². The second-order valence-electron chi connectivity index (χ2n) is 4.13. The minimum Gasteiger partial charge on any atom is -0.316 e. The van der Waals surface area contributed by atoms with E-state index >= 15 is 0 Å². The average Bonchev–Trinajstić information content (AvgIpc) is 2.12. The van der Waals surface area contributed by atoms with E-state index in [1.54, 1.807) is 0 Å². The quantitative estimate of drug-likeness (QED) is 0.714. The molecule has 1 aliphatic heterocycles. The van der Waals surface area contributed by atoms with Gasteiger partial charge in [-0.3, -0.25) is 4.79 Å². The van der Waals surface area contributed by atoms with Crippen LogP contribution in [0, 0.1) is 5.92 Å². The summed E-state index contributed by atoms with van der Waals surface area (Å²) in [5.41, 5.74) is 1.11. The number of Topliss-reactive ketones (excluding diaryl/α,β-unsaturated/α-hetero) is 1. The van der Waals surface area contributed by atoms with E-state index in [9.17, 15) is 4.79 Å². The van der Waals surface area contributed by atoms with Crippen LogP contribution in [0.4, 0.5) is 0 Å². The lowest BCUT2D eigenvalue weighted by atomic mass is 9.89. The van der Waals surface area contributed by atoms with E-state index in [2.05, 4.69) is 11.4 Å². The Labute approximate surface area is 79.4 Å². The largest absolute Gasteiger partial charge is 0.316 e. The monoisotopic (exact) mass is 179 g/mol. The second-order valence-corrected chi connectivity index (χ2v) is 4.13. The maximum Gasteiger partial charge on any atom is 0.158 e. The Kier molecular flexibility index (Phi) is 2.79. The number of allylic oxidation sites excluding steroid dienone is 2. The molecule has 0 radical (unpaired) electrons. The fraction of sp³-hybridized carbons (Fsp3) is 0.727. The molecule has 1 saturated heterocycles. The van der Waals surface area contributed by atoms with E-state index in [4.69, 9.17) is 0 Å². The lowest BCUT2D eigenvalue weighted by Gasteiger charge is -2.27. The van der Waals surface area contributed by atoms with Gasteiger partial charge in [0.2, 0.25) is 0 Å². The van der Waals surface area contributed by atoms with Crippen molar-refractivity contribution in [3.8, 4) is 0 Å². The van der Waals surface area contributed by atoms with Crippen molar-refractivity contribution in [2.24, 2.45) is 5.92 Å². The minimum atomic E-state index is 0.409. The Morgan fingerprint density at radius 1 is 1.46 bits per heavy atom. The molecule has 2 nitrogen and oxygen atoms in total. The molecule has 2 aliphatic rings. The summed E-state index contributed by atoms with van der Waals surface area (Å²) < 4.78 is 0. The summed E-state index contributed by atoms with van der Waals surface area (Å²) in [5, 5.41) is 3.20. The summed E-state index contributed by atoms with van der Waals surface area (Å²) in [5.74, 6) is 1.03. The summed E-state index contributed by atoms with van der Waals surface area (Å²) in [7, 11) is 0. The summed E-state index contributed by atoms with van der Waals surface area (Å²) in [6.07, 6.45) is 7.54. The Morgan fingerprint density at radius 3 is 2.85 bits per heavy atom. The molecule has 0 aromatic rings. The molecular formula is C11H17NO. The molecule has 0 bridgehead atoms. The first kappa shape index (κ1) is 8.95. The number of carbonyl (C=O) groups excluding carboxylic acids is 1. The first-order valence-corrected chi connectivity index (χ1v) is 5.29. The zero-order valence-electron chi connectivity index (χ0n) is 8.01. The molecule has 0 unspecified atom stereocenters. The van der Waals surface area contributed by atoms with Gasteiger partial charge in [-0.1, -0.05) is 6.08 Å². The van der Waals surface area contributed by atoms with Crippen LogP contribution < -0.4 is 5.32 Å². The number of ketones is 1. The predicted molar refractivity (Wildman–Crippen MR) is 52.5 cm³/mol. The van der Waals surface area contributed by atoms with E-state index in [0.717, 1.165) is 37.9 Å². The first-order chi connectivity index (χ1) is 6.36. The number of hydrogen-bond donors (Lipinski definition) is 1. The van der Waals surface area contributed by atoms with Gasteiger partial charge >= 0.3 is 0 Å². The first-order valence-electron chi connectivity index (χ1n) is 5.29. The van der Waals surface area contributed by atoms with Gasteiger partial charge < -0.3 is 5.32 Å². The summed E-state index contributed by atoms with van der Waals surface area (Å²) in [6, 6.07) is 0. The van der Waals surface area contributed by atoms with Crippen LogP contribution in [0.15, 0.2) is 11.6 Å². The van der Waals surface area contributed by atoms with Crippen molar-refractivity contribution in [1.29, 1.82) is 0 Å². The molecule has 0 saturated carbocycles. The Balaban J connectivity index is 1.84. The third-order valence-electron chi connectivity index (χ3n) is 2.99. The fourth-order valence-electron chi connectivity index (χ4n) is 1.98. The van der Waals surface area contributed by atoms with E-state index < -0.39 is 0 Å². The van der Waals surface area contributed by atoms with Crippen molar-refractivity contribution < 1.29 is 4.79 Å². The van der Waals surface area contributed by atoms with Crippen molar-refractivity contribution in [2.75, 3.05) is 13.1 Å². The van der Waals surface area contributed by atoms with Crippen LogP contribution in [0.3, 0.4) is 0 Å². The van der Waals surface area contributed by atoms with Crippen LogP contribution in [-0.4, -0.2) is 18.9 Å².